The van der Waals surface area contributed by atoms with Crippen LogP contribution in [0, 0.1) is 22.8 Å². The molecule has 1 aliphatic heterocycles. The second-order valence-electron chi connectivity index (χ2n) is 7.80. The maximum Gasteiger partial charge on any atom is 0.182 e. The average Bonchev–Trinajstić information content (AvgIpc) is 3.28. The van der Waals surface area contributed by atoms with Gasteiger partial charge in [-0.05, 0) is 61.3 Å². The number of amidine groups is 1. The summed E-state index contributed by atoms with van der Waals surface area (Å²) >= 11 is 0. The molecule has 4 rings (SSSR count). The molecule has 1 spiro atoms. The average molecular weight is 403 g/mol. The largest absolute Gasteiger partial charge is 0.335 e. The summed E-state index contributed by atoms with van der Waals surface area (Å²) in [4.78, 5) is 4.72. The lowest BCUT2D eigenvalue weighted by Gasteiger charge is -2.35. The van der Waals surface area contributed by atoms with Crippen molar-refractivity contribution >= 4 is 11.5 Å². The lowest BCUT2D eigenvalue weighted by Crippen LogP contribution is -2.41. The Labute approximate surface area is 179 Å². The van der Waals surface area contributed by atoms with Crippen LogP contribution in [0.15, 0.2) is 35.3 Å². The van der Waals surface area contributed by atoms with Gasteiger partial charge in [-0.2, -0.15) is 10.5 Å². The van der Waals surface area contributed by atoms with Gasteiger partial charge in [0.2, 0.25) is 0 Å². The first-order chi connectivity index (χ1) is 14.6. The first-order valence-corrected chi connectivity index (χ1v) is 10.8. The van der Waals surface area contributed by atoms with Crippen molar-refractivity contribution in [3.63, 3.8) is 0 Å². The molecule has 0 radical (unpaired) electrons. The zero-order valence-corrected chi connectivity index (χ0v) is 18.1. The molecule has 2 heterocycles. The van der Waals surface area contributed by atoms with Crippen molar-refractivity contribution in [1.29, 1.82) is 10.5 Å². The molecule has 2 aliphatic rings. The highest BCUT2D eigenvalue weighted by Crippen LogP contribution is 2.49. The normalized spacial score (nSPS) is 16.0. The van der Waals surface area contributed by atoms with Crippen molar-refractivity contribution in [2.75, 3.05) is 13.1 Å². The van der Waals surface area contributed by atoms with E-state index in [0.717, 1.165) is 61.6 Å². The molecular formula is C24H30N6. The number of benzene rings is 1. The number of rotatable bonds is 3. The van der Waals surface area contributed by atoms with Crippen molar-refractivity contribution in [1.82, 2.24) is 15.2 Å². The van der Waals surface area contributed by atoms with Gasteiger partial charge in [0.15, 0.2) is 6.19 Å². The molecule has 156 valence electrons. The summed E-state index contributed by atoms with van der Waals surface area (Å²) in [6, 6.07) is 12.3. The molecule has 6 nitrogen and oxygen atoms in total. The minimum absolute atomic E-state index is 0.164. The number of aromatic nitrogens is 1. The topological polar surface area (TPSA) is 88.9 Å². The quantitative estimate of drug-likeness (QED) is 0.584. The molecule has 30 heavy (non-hydrogen) atoms. The SMILES string of the molecule is CCNCC.Cn1c(C#N)ccc1-c1ccc2c(c1)C1(CCCCC1)C(NC#N)=N2. The van der Waals surface area contributed by atoms with Gasteiger partial charge in [-0.25, -0.2) is 4.99 Å². The third-order valence-corrected chi connectivity index (χ3v) is 6.11. The predicted molar refractivity (Wildman–Crippen MR) is 120 cm³/mol. The van der Waals surface area contributed by atoms with E-state index < -0.39 is 0 Å². The van der Waals surface area contributed by atoms with Crippen molar-refractivity contribution in [2.45, 2.75) is 51.4 Å². The number of hydrogen-bond donors (Lipinski definition) is 2. The Bertz CT molecular complexity index is 994. The van der Waals surface area contributed by atoms with E-state index in [9.17, 15) is 5.26 Å². The molecule has 0 atom stereocenters. The van der Waals surface area contributed by atoms with Gasteiger partial charge in [-0.3, -0.25) is 5.32 Å². The summed E-state index contributed by atoms with van der Waals surface area (Å²) in [7, 11) is 1.91. The summed E-state index contributed by atoms with van der Waals surface area (Å²) < 4.78 is 1.92. The van der Waals surface area contributed by atoms with E-state index in [1.54, 1.807) is 0 Å². The summed E-state index contributed by atoms with van der Waals surface area (Å²) in [5.74, 6) is 0.798. The molecule has 6 heteroatoms. The third kappa shape index (κ3) is 3.97. The minimum Gasteiger partial charge on any atom is -0.335 e. The van der Waals surface area contributed by atoms with Crippen molar-refractivity contribution in [3.05, 3.63) is 41.6 Å². The maximum absolute atomic E-state index is 9.20. The zero-order valence-electron chi connectivity index (χ0n) is 18.1. The molecular weight excluding hydrogens is 372 g/mol. The molecule has 1 aliphatic carbocycles. The van der Waals surface area contributed by atoms with Crippen molar-refractivity contribution < 1.29 is 0 Å². The Kier molecular flexibility index (Phi) is 6.92. The van der Waals surface area contributed by atoms with Crippen LogP contribution in [0.4, 0.5) is 5.69 Å². The first-order valence-electron chi connectivity index (χ1n) is 10.8. The Hall–Kier alpha value is -3.09. The van der Waals surface area contributed by atoms with Crippen LogP contribution in [0.2, 0.25) is 0 Å². The molecule has 0 saturated heterocycles. The van der Waals surface area contributed by atoms with E-state index in [2.05, 4.69) is 42.8 Å². The molecule has 2 aromatic rings. The van der Waals surface area contributed by atoms with Gasteiger partial charge < -0.3 is 9.88 Å². The number of nitrogens with one attached hydrogen (secondary N) is 2. The maximum atomic E-state index is 9.20. The van der Waals surface area contributed by atoms with Gasteiger partial charge in [-0.15, -0.1) is 0 Å². The molecule has 1 fully saturated rings. The van der Waals surface area contributed by atoms with E-state index >= 15 is 0 Å². The van der Waals surface area contributed by atoms with Crippen molar-refractivity contribution in [3.8, 4) is 23.5 Å². The van der Waals surface area contributed by atoms with E-state index in [1.165, 1.54) is 12.0 Å². The fraction of sp³-hybridized carbons (Fsp3) is 0.458. The first kappa shape index (κ1) is 21.6. The Balaban J connectivity index is 0.000000461. The van der Waals surface area contributed by atoms with Crippen LogP contribution in [0.3, 0.4) is 0 Å². The number of fused-ring (bicyclic) bond motifs is 2. The van der Waals surface area contributed by atoms with Crippen LogP contribution < -0.4 is 10.6 Å². The molecule has 1 aromatic carbocycles. The lowest BCUT2D eigenvalue weighted by molar-refractivity contribution is 0.381. The molecule has 0 bridgehead atoms. The fourth-order valence-corrected chi connectivity index (χ4v) is 4.56. The molecule has 2 N–H and O–H groups in total. The number of aliphatic imine (C=N–C) groups is 1. The minimum atomic E-state index is -0.164. The van der Waals surface area contributed by atoms with E-state index in [0.29, 0.717) is 5.69 Å². The van der Waals surface area contributed by atoms with Crippen LogP contribution in [0.1, 0.15) is 57.2 Å². The van der Waals surface area contributed by atoms with Crippen LogP contribution in [0.5, 0.6) is 0 Å². The predicted octanol–water partition coefficient (Wildman–Crippen LogP) is 4.50. The number of nitriles is 2. The van der Waals surface area contributed by atoms with E-state index in [-0.39, 0.29) is 5.41 Å². The fourth-order valence-electron chi connectivity index (χ4n) is 4.56. The number of nitrogens with zero attached hydrogens (tertiary/aromatic N) is 4. The summed E-state index contributed by atoms with van der Waals surface area (Å²) in [6.45, 7) is 6.39. The summed E-state index contributed by atoms with van der Waals surface area (Å²) in [5, 5.41) is 24.3. The smallest absolute Gasteiger partial charge is 0.182 e. The highest BCUT2D eigenvalue weighted by Gasteiger charge is 2.44. The van der Waals surface area contributed by atoms with Crippen LogP contribution >= 0.6 is 0 Å². The highest BCUT2D eigenvalue weighted by molar-refractivity contribution is 6.01. The number of hydrogen-bond acceptors (Lipinski definition) is 5. The van der Waals surface area contributed by atoms with Gasteiger partial charge in [0.25, 0.3) is 0 Å². The standard InChI is InChI=1S/C20H19N5.C4H11N/c1-25-15(12-21)6-8-18(25)14-5-7-17-16(11-14)20(9-3-2-4-10-20)19(24-17)23-13-22;1-3-5-4-2/h5-8,11H,2-4,9-10H2,1H3,(H,23,24);5H,3-4H2,1-2H3. The molecule has 0 amide bonds. The third-order valence-electron chi connectivity index (χ3n) is 6.11. The van der Waals surface area contributed by atoms with Crippen molar-refractivity contribution in [2.24, 2.45) is 12.0 Å². The van der Waals surface area contributed by atoms with Gasteiger partial charge in [0, 0.05) is 12.7 Å². The lowest BCUT2D eigenvalue weighted by atomic mass is 9.69. The second kappa shape index (κ2) is 9.61. The summed E-state index contributed by atoms with van der Waals surface area (Å²) in [6.07, 6.45) is 7.64. The molecule has 0 unspecified atom stereocenters. The van der Waals surface area contributed by atoms with Gasteiger partial charge in [0.05, 0.1) is 11.1 Å². The van der Waals surface area contributed by atoms with E-state index in [4.69, 9.17) is 10.3 Å². The second-order valence-corrected chi connectivity index (χ2v) is 7.80. The Morgan fingerprint density at radius 3 is 2.37 bits per heavy atom. The van der Waals surface area contributed by atoms with Gasteiger partial charge >= 0.3 is 0 Å². The summed E-state index contributed by atoms with van der Waals surface area (Å²) in [5.41, 5.74) is 4.75. The molecule has 1 saturated carbocycles. The highest BCUT2D eigenvalue weighted by atomic mass is 15.0. The van der Waals surface area contributed by atoms with Gasteiger partial charge in [0.1, 0.15) is 17.6 Å². The van der Waals surface area contributed by atoms with Crippen LogP contribution in [0.25, 0.3) is 11.3 Å². The Morgan fingerprint density at radius 1 is 1.07 bits per heavy atom. The monoisotopic (exact) mass is 402 g/mol. The van der Waals surface area contributed by atoms with Crippen LogP contribution in [-0.2, 0) is 12.5 Å². The van der Waals surface area contributed by atoms with Crippen LogP contribution in [-0.4, -0.2) is 23.5 Å². The van der Waals surface area contributed by atoms with E-state index in [1.807, 2.05) is 35.9 Å². The molecule has 1 aromatic heterocycles. The zero-order chi connectivity index (χ0) is 21.6. The van der Waals surface area contributed by atoms with Gasteiger partial charge in [-0.1, -0.05) is 39.2 Å². The Morgan fingerprint density at radius 2 is 1.80 bits per heavy atom.